The summed E-state index contributed by atoms with van der Waals surface area (Å²) in [4.78, 5) is 52.8. The summed E-state index contributed by atoms with van der Waals surface area (Å²) in [6.45, 7) is 2.29. The summed E-state index contributed by atoms with van der Waals surface area (Å²) in [6, 6.07) is 38.1. The number of hydrogen-bond acceptors (Lipinski definition) is 11. The molecule has 6 aromatic carbocycles. The van der Waals surface area contributed by atoms with Crippen LogP contribution in [0.2, 0.25) is 0 Å². The molecule has 8 rings (SSSR count). The largest absolute Gasteiger partial charge is 0.493 e. The molecule has 0 fully saturated rings. The van der Waals surface area contributed by atoms with Gasteiger partial charge in [0.05, 0.1) is 48.3 Å². The van der Waals surface area contributed by atoms with Gasteiger partial charge < -0.3 is 51.1 Å². The lowest BCUT2D eigenvalue weighted by Crippen LogP contribution is -2.25. The van der Waals surface area contributed by atoms with Gasteiger partial charge in [0.15, 0.2) is 23.0 Å². The lowest BCUT2D eigenvalue weighted by molar-refractivity contribution is -0.137. The van der Waals surface area contributed by atoms with Gasteiger partial charge >= 0.3 is 5.97 Å². The van der Waals surface area contributed by atoms with Crippen molar-refractivity contribution in [1.82, 2.24) is 9.80 Å². The average molecular weight is 999 g/mol. The number of unbranched alkanes of at least 4 members (excludes halogenated alkanes) is 4. The fraction of sp³-hybridized carbons (Fsp3) is 0.310. The first-order valence-electron chi connectivity index (χ1n) is 24.8. The zero-order valence-electron chi connectivity index (χ0n) is 43.2. The summed E-state index contributed by atoms with van der Waals surface area (Å²) in [5.74, 6) is 1.76. The van der Waals surface area contributed by atoms with Crippen LogP contribution in [0.25, 0.3) is 22.3 Å². The number of carbonyl (C=O) groups excluding carboxylic acids is 3. The number of hydrogen-bond donors (Lipinski definition) is 4. The Labute approximate surface area is 429 Å². The number of rotatable bonds is 20. The number of benzene rings is 6. The Balaban J connectivity index is 0.000000231. The van der Waals surface area contributed by atoms with E-state index in [4.69, 9.17) is 42.6 Å². The SMILES string of the molecule is COc1cc2c(c(-c3ccccc3)c1OC)CN(CCCCCC(=O)Cc1ccccc1N)C2=O.COc1cc2c(c(-c3ccccc3)c1OC)CN(CCCCCC(=O)O)C2=O.Nc1ccccc1N.[2H]CF. The van der Waals surface area contributed by atoms with Gasteiger partial charge in [0, 0.05) is 73.4 Å². The molecule has 0 atom stereocenters. The second-order valence-electron chi connectivity index (χ2n) is 17.3. The highest BCUT2D eigenvalue weighted by atomic mass is 19.1. The molecule has 0 spiro atoms. The summed E-state index contributed by atoms with van der Waals surface area (Å²) < 4.78 is 37.9. The molecule has 2 amide bonds. The van der Waals surface area contributed by atoms with Gasteiger partial charge in [0.2, 0.25) is 0 Å². The fourth-order valence-corrected chi connectivity index (χ4v) is 8.89. The number of Topliss-reactive ketones (excluding diaryl/α,β-unsaturated/α-hetero) is 1. The molecule has 0 saturated heterocycles. The normalized spacial score (nSPS) is 12.2. The smallest absolute Gasteiger partial charge is 0.303 e. The third-order valence-corrected chi connectivity index (χ3v) is 12.6. The minimum atomic E-state index is -1.00. The lowest BCUT2D eigenvalue weighted by Gasteiger charge is -2.17. The molecular weight excluding hydrogens is 930 g/mol. The monoisotopic (exact) mass is 999 g/mol. The van der Waals surface area contributed by atoms with Crippen molar-refractivity contribution in [2.24, 2.45) is 0 Å². The van der Waals surface area contributed by atoms with Crippen LogP contribution in [0.1, 0.15) is 90.1 Å². The van der Waals surface area contributed by atoms with Crippen molar-refractivity contribution < 1.29 is 49.0 Å². The van der Waals surface area contributed by atoms with E-state index in [-0.39, 0.29) is 24.0 Å². The van der Waals surface area contributed by atoms with Crippen molar-refractivity contribution in [3.63, 3.8) is 0 Å². The van der Waals surface area contributed by atoms with Crippen LogP contribution in [0, 0.1) is 0 Å². The molecule has 14 nitrogen and oxygen atoms in total. The van der Waals surface area contributed by atoms with E-state index < -0.39 is 13.1 Å². The Morgan fingerprint density at radius 1 is 0.575 bits per heavy atom. The number of nitrogens with two attached hydrogens (primary N) is 3. The predicted molar refractivity (Wildman–Crippen MR) is 286 cm³/mol. The van der Waals surface area contributed by atoms with Crippen molar-refractivity contribution in [1.29, 1.82) is 0 Å². The van der Waals surface area contributed by atoms with Gasteiger partial charge in [-0.1, -0.05) is 104 Å². The van der Waals surface area contributed by atoms with E-state index in [0.717, 1.165) is 71.0 Å². The van der Waals surface area contributed by atoms with Crippen LogP contribution in [-0.2, 0) is 29.1 Å². The highest BCUT2D eigenvalue weighted by Crippen LogP contribution is 2.47. The molecule has 0 aliphatic carbocycles. The fourth-order valence-electron chi connectivity index (χ4n) is 8.89. The molecule has 0 aromatic heterocycles. The van der Waals surface area contributed by atoms with Gasteiger partial charge in [0.1, 0.15) is 5.78 Å². The maximum Gasteiger partial charge on any atom is 0.303 e. The average Bonchev–Trinajstić information content (AvgIpc) is 3.90. The first-order chi connectivity index (χ1) is 35.8. The highest BCUT2D eigenvalue weighted by molar-refractivity contribution is 6.03. The van der Waals surface area contributed by atoms with Crippen molar-refractivity contribution in [2.75, 3.05) is 65.9 Å². The number of carbonyl (C=O) groups is 4. The van der Waals surface area contributed by atoms with Gasteiger partial charge in [-0.2, -0.15) is 0 Å². The van der Waals surface area contributed by atoms with E-state index in [1.807, 2.05) is 107 Å². The van der Waals surface area contributed by atoms with Crippen molar-refractivity contribution in [3.05, 3.63) is 149 Å². The van der Waals surface area contributed by atoms with E-state index in [1.54, 1.807) is 52.7 Å². The summed E-state index contributed by atoms with van der Waals surface area (Å²) in [5, 5.41) is 8.73. The molecule has 73 heavy (non-hydrogen) atoms. The second kappa shape index (κ2) is 28.1. The molecule has 386 valence electrons. The zero-order valence-corrected chi connectivity index (χ0v) is 42.2. The Bertz CT molecular complexity index is 2800. The van der Waals surface area contributed by atoms with Crippen LogP contribution in [0.15, 0.2) is 121 Å². The number of halogens is 1. The number of nitrogen functional groups attached to an aromatic ring is 3. The number of nitrogens with zero attached hydrogens (tertiary/aromatic N) is 2. The maximum absolute atomic E-state index is 13.2. The standard InChI is InChI=1S/C29H32N2O4.C22H25NO5.C6H8N2.CH3F/c1-34-26-18-23-24(27(28(26)35-2)20-11-5-3-6-12-20)19-31(29(23)33)16-10-4-7-14-22(32)17-21-13-8-9-15-25(21)30;1-27-18-13-16-17(20(21(18)28-2)15-9-5-3-6-10-15)14-23(22(16)26)12-8-4-7-11-19(24)25;7-5-3-1-2-4-6(5)8;1-2/h3,5-6,8-9,11-13,15,18H,4,7,10,14,16-17,19,30H2,1-2H3;3,5-6,9-10,13H,4,7-8,11-12,14H2,1-2H3,(H,24,25);1-4H,7-8H2;1H3/i;;;1D. The number of carboxylic acid groups (broad SMARTS) is 1. The van der Waals surface area contributed by atoms with Crippen molar-refractivity contribution in [2.45, 2.75) is 70.9 Å². The van der Waals surface area contributed by atoms with Crippen molar-refractivity contribution in [3.8, 4) is 45.3 Å². The van der Waals surface area contributed by atoms with Gasteiger partial charge in [-0.3, -0.25) is 23.6 Å². The molecule has 0 bridgehead atoms. The van der Waals surface area contributed by atoms with E-state index >= 15 is 0 Å². The maximum atomic E-state index is 13.2. The number of carboxylic acids is 1. The number of amides is 2. The Morgan fingerprint density at radius 3 is 1.36 bits per heavy atom. The van der Waals surface area contributed by atoms with Crippen LogP contribution in [-0.4, -0.2) is 87.2 Å². The molecule has 15 heteroatoms. The second-order valence-corrected chi connectivity index (χ2v) is 17.3. The Kier molecular flexibility index (Phi) is 20.9. The van der Waals surface area contributed by atoms with Crippen LogP contribution in [0.5, 0.6) is 23.0 Å². The number of alkyl halides is 1. The summed E-state index contributed by atoms with van der Waals surface area (Å²) in [7, 11) is 5.38. The number of para-hydroxylation sites is 3. The van der Waals surface area contributed by atoms with Crippen LogP contribution < -0.4 is 36.1 Å². The number of fused-ring (bicyclic) bond motifs is 2. The quantitative estimate of drug-likeness (QED) is 0.0416. The number of ketones is 1. The molecule has 0 saturated carbocycles. The highest BCUT2D eigenvalue weighted by Gasteiger charge is 2.35. The summed E-state index contributed by atoms with van der Waals surface area (Å²) in [6.07, 6.45) is 5.78. The Hall–Kier alpha value is -8.07. The van der Waals surface area contributed by atoms with E-state index in [9.17, 15) is 23.6 Å². The van der Waals surface area contributed by atoms with Crippen LogP contribution in [0.3, 0.4) is 0 Å². The topological polar surface area (TPSA) is 210 Å². The molecule has 2 aliphatic heterocycles. The van der Waals surface area contributed by atoms with Gasteiger partial charge in [-0.05, 0) is 83.8 Å². The number of ether oxygens (including phenoxy) is 4. The molecular formula is C58H68FN5O9. The first kappa shape index (κ1) is 54.3. The van der Waals surface area contributed by atoms with Crippen LogP contribution in [0.4, 0.5) is 21.5 Å². The predicted octanol–water partition coefficient (Wildman–Crippen LogP) is 10.7. The number of anilines is 3. The molecule has 2 aliphatic rings. The van der Waals surface area contributed by atoms with Crippen LogP contribution >= 0.6 is 0 Å². The summed E-state index contributed by atoms with van der Waals surface area (Å²) >= 11 is 0. The number of methoxy groups -OCH3 is 4. The van der Waals surface area contributed by atoms with Gasteiger partial charge in [-0.15, -0.1) is 0 Å². The minimum Gasteiger partial charge on any atom is -0.493 e. The zero-order chi connectivity index (χ0) is 53.6. The lowest BCUT2D eigenvalue weighted by atomic mass is 9.95. The molecule has 2 heterocycles. The van der Waals surface area contributed by atoms with Gasteiger partial charge in [-0.25, -0.2) is 0 Å². The molecule has 7 N–H and O–H groups in total. The molecule has 6 aromatic rings. The van der Waals surface area contributed by atoms with Gasteiger partial charge in [0.25, 0.3) is 11.8 Å². The van der Waals surface area contributed by atoms with E-state index in [1.165, 1.54) is 0 Å². The van der Waals surface area contributed by atoms with E-state index in [0.29, 0.717) is 96.6 Å². The third-order valence-electron chi connectivity index (χ3n) is 12.6. The third kappa shape index (κ3) is 14.5. The van der Waals surface area contributed by atoms with Crippen molar-refractivity contribution >= 4 is 40.6 Å². The van der Waals surface area contributed by atoms with E-state index in [2.05, 4.69) is 0 Å². The molecule has 0 radical (unpaired) electrons. The Morgan fingerprint density at radius 2 is 0.973 bits per heavy atom. The first-order valence-corrected chi connectivity index (χ1v) is 24.1. The number of aliphatic carboxylic acids is 1. The summed E-state index contributed by atoms with van der Waals surface area (Å²) in [5.41, 5.74) is 26.6. The minimum absolute atomic E-state index is 0.00811. The molecule has 0 unspecified atom stereocenters.